The van der Waals surface area contributed by atoms with Gasteiger partial charge in [0.25, 0.3) is 0 Å². The number of nitrogens with zero attached hydrogens (tertiary/aromatic N) is 1. The van der Waals surface area contributed by atoms with Crippen molar-refractivity contribution in [2.24, 2.45) is 5.41 Å². The van der Waals surface area contributed by atoms with Gasteiger partial charge in [0.1, 0.15) is 0 Å². The lowest BCUT2D eigenvalue weighted by atomic mass is 9.93. The van der Waals surface area contributed by atoms with Crippen LogP contribution in [0.15, 0.2) is 0 Å². The monoisotopic (exact) mass is 210 g/mol. The molecule has 1 heterocycles. The summed E-state index contributed by atoms with van der Waals surface area (Å²) in [5, 5.41) is 3.61. The minimum Gasteiger partial charge on any atom is -0.314 e. The first kappa shape index (κ1) is 11.4. The minimum atomic E-state index is 0.554. The van der Waals surface area contributed by atoms with Gasteiger partial charge < -0.3 is 10.2 Å². The molecule has 2 rings (SSSR count). The molecule has 2 fully saturated rings. The van der Waals surface area contributed by atoms with Crippen LogP contribution < -0.4 is 5.32 Å². The summed E-state index contributed by atoms with van der Waals surface area (Å²) in [5.41, 5.74) is 0.554. The zero-order chi connectivity index (χ0) is 10.9. The Morgan fingerprint density at radius 1 is 1.40 bits per heavy atom. The molecule has 2 heteroatoms. The Kier molecular flexibility index (Phi) is 3.36. The SMILES string of the molecule is CC(CCNC1CC1)N1CCC(C)(C)C1. The second-order valence-corrected chi connectivity index (χ2v) is 6.25. The van der Waals surface area contributed by atoms with Crippen molar-refractivity contribution in [3.05, 3.63) is 0 Å². The zero-order valence-corrected chi connectivity index (χ0v) is 10.6. The van der Waals surface area contributed by atoms with Crippen LogP contribution in [0.2, 0.25) is 0 Å². The van der Waals surface area contributed by atoms with E-state index in [4.69, 9.17) is 0 Å². The Bertz CT molecular complexity index is 209. The Balaban J connectivity index is 1.64. The van der Waals surface area contributed by atoms with E-state index in [9.17, 15) is 0 Å². The van der Waals surface area contributed by atoms with E-state index >= 15 is 0 Å². The van der Waals surface area contributed by atoms with E-state index in [0.29, 0.717) is 5.41 Å². The third kappa shape index (κ3) is 3.46. The summed E-state index contributed by atoms with van der Waals surface area (Å²) >= 11 is 0. The van der Waals surface area contributed by atoms with Crippen LogP contribution in [-0.4, -0.2) is 36.6 Å². The molecule has 1 aliphatic carbocycles. The third-order valence-electron chi connectivity index (χ3n) is 3.90. The van der Waals surface area contributed by atoms with Crippen LogP contribution >= 0.6 is 0 Å². The van der Waals surface area contributed by atoms with Crippen molar-refractivity contribution in [3.8, 4) is 0 Å². The molecule has 0 radical (unpaired) electrons. The molecule has 2 nitrogen and oxygen atoms in total. The third-order valence-corrected chi connectivity index (χ3v) is 3.90. The van der Waals surface area contributed by atoms with Gasteiger partial charge in [-0.05, 0) is 51.1 Å². The standard InChI is InChI=1S/C13H26N2/c1-11(6-8-14-12-4-5-12)15-9-7-13(2,3)10-15/h11-12,14H,4-10H2,1-3H3. The molecule has 1 atom stereocenters. The maximum absolute atomic E-state index is 3.61. The average Bonchev–Trinajstić information content (AvgIpc) is 2.90. The van der Waals surface area contributed by atoms with Crippen molar-refractivity contribution >= 4 is 0 Å². The molecule has 0 aromatic rings. The van der Waals surface area contributed by atoms with Gasteiger partial charge in [-0.2, -0.15) is 0 Å². The lowest BCUT2D eigenvalue weighted by Gasteiger charge is -2.26. The Morgan fingerprint density at radius 2 is 2.13 bits per heavy atom. The maximum Gasteiger partial charge on any atom is 0.00792 e. The smallest absolute Gasteiger partial charge is 0.00792 e. The van der Waals surface area contributed by atoms with E-state index in [-0.39, 0.29) is 0 Å². The van der Waals surface area contributed by atoms with Gasteiger partial charge in [-0.1, -0.05) is 13.8 Å². The highest BCUT2D eigenvalue weighted by molar-refractivity contribution is 4.86. The summed E-state index contributed by atoms with van der Waals surface area (Å²) < 4.78 is 0. The van der Waals surface area contributed by atoms with Crippen LogP contribution in [0.5, 0.6) is 0 Å². The molecule has 0 aromatic carbocycles. The molecule has 88 valence electrons. The highest BCUT2D eigenvalue weighted by Gasteiger charge is 2.31. The first-order valence-corrected chi connectivity index (χ1v) is 6.54. The van der Waals surface area contributed by atoms with Gasteiger partial charge in [0.15, 0.2) is 0 Å². The van der Waals surface area contributed by atoms with Crippen molar-refractivity contribution in [2.75, 3.05) is 19.6 Å². The topological polar surface area (TPSA) is 15.3 Å². The molecule has 15 heavy (non-hydrogen) atoms. The van der Waals surface area contributed by atoms with Gasteiger partial charge in [0, 0.05) is 18.6 Å². The van der Waals surface area contributed by atoms with Gasteiger partial charge >= 0.3 is 0 Å². The maximum atomic E-state index is 3.61. The van der Waals surface area contributed by atoms with Crippen molar-refractivity contribution in [1.29, 1.82) is 0 Å². The van der Waals surface area contributed by atoms with Gasteiger partial charge in [0.2, 0.25) is 0 Å². The fraction of sp³-hybridized carbons (Fsp3) is 1.00. The van der Waals surface area contributed by atoms with Crippen molar-refractivity contribution < 1.29 is 0 Å². The predicted molar refractivity (Wildman–Crippen MR) is 65.1 cm³/mol. The van der Waals surface area contributed by atoms with E-state index in [0.717, 1.165) is 12.1 Å². The van der Waals surface area contributed by atoms with Crippen LogP contribution in [0.4, 0.5) is 0 Å². The molecule has 1 N–H and O–H groups in total. The molecule has 1 saturated heterocycles. The first-order chi connectivity index (χ1) is 7.07. The minimum absolute atomic E-state index is 0.554. The quantitative estimate of drug-likeness (QED) is 0.749. The second-order valence-electron chi connectivity index (χ2n) is 6.25. The van der Waals surface area contributed by atoms with Crippen molar-refractivity contribution in [1.82, 2.24) is 10.2 Å². The predicted octanol–water partition coefficient (Wildman–Crippen LogP) is 2.25. The molecule has 2 aliphatic rings. The van der Waals surface area contributed by atoms with Crippen molar-refractivity contribution in [3.63, 3.8) is 0 Å². The molecule has 0 aromatic heterocycles. The molecule has 1 aliphatic heterocycles. The highest BCUT2D eigenvalue weighted by Crippen LogP contribution is 2.30. The largest absolute Gasteiger partial charge is 0.314 e. The normalized spacial score (nSPS) is 28.2. The fourth-order valence-corrected chi connectivity index (χ4v) is 2.50. The number of nitrogens with one attached hydrogen (secondary N) is 1. The van der Waals surface area contributed by atoms with E-state index in [1.165, 1.54) is 45.3 Å². The second kappa shape index (κ2) is 4.42. The fourth-order valence-electron chi connectivity index (χ4n) is 2.50. The molecule has 1 saturated carbocycles. The number of hydrogen-bond donors (Lipinski definition) is 1. The summed E-state index contributed by atoms with van der Waals surface area (Å²) in [6.45, 7) is 11.0. The molecule has 0 amide bonds. The van der Waals surface area contributed by atoms with Gasteiger partial charge in [0.05, 0.1) is 0 Å². The first-order valence-electron chi connectivity index (χ1n) is 6.54. The zero-order valence-electron chi connectivity index (χ0n) is 10.6. The van der Waals surface area contributed by atoms with Gasteiger partial charge in [-0.3, -0.25) is 0 Å². The number of hydrogen-bond acceptors (Lipinski definition) is 2. The molecule has 1 unspecified atom stereocenters. The van der Waals surface area contributed by atoms with E-state index in [1.54, 1.807) is 0 Å². The van der Waals surface area contributed by atoms with E-state index < -0.39 is 0 Å². The van der Waals surface area contributed by atoms with Crippen LogP contribution in [0.25, 0.3) is 0 Å². The van der Waals surface area contributed by atoms with Gasteiger partial charge in [-0.25, -0.2) is 0 Å². The number of rotatable bonds is 5. The van der Waals surface area contributed by atoms with Crippen LogP contribution in [0.3, 0.4) is 0 Å². The molecular weight excluding hydrogens is 184 g/mol. The van der Waals surface area contributed by atoms with E-state index in [2.05, 4.69) is 31.0 Å². The Hall–Kier alpha value is -0.0800. The van der Waals surface area contributed by atoms with Crippen LogP contribution in [0.1, 0.15) is 46.5 Å². The summed E-state index contributed by atoms with van der Waals surface area (Å²) in [7, 11) is 0. The highest BCUT2D eigenvalue weighted by atomic mass is 15.2. The van der Waals surface area contributed by atoms with Crippen molar-refractivity contribution in [2.45, 2.75) is 58.5 Å². The summed E-state index contributed by atoms with van der Waals surface area (Å²) in [6, 6.07) is 1.63. The molecule has 0 bridgehead atoms. The van der Waals surface area contributed by atoms with E-state index in [1.807, 2.05) is 0 Å². The molecule has 0 spiro atoms. The number of likely N-dealkylation sites (tertiary alicyclic amines) is 1. The van der Waals surface area contributed by atoms with Crippen LogP contribution in [-0.2, 0) is 0 Å². The molecular formula is C13H26N2. The Labute approximate surface area is 94.4 Å². The summed E-state index contributed by atoms with van der Waals surface area (Å²) in [4.78, 5) is 2.66. The summed E-state index contributed by atoms with van der Waals surface area (Å²) in [6.07, 6.45) is 5.50. The lowest BCUT2D eigenvalue weighted by Crippen LogP contribution is -2.35. The Morgan fingerprint density at radius 3 is 2.67 bits per heavy atom. The summed E-state index contributed by atoms with van der Waals surface area (Å²) in [5.74, 6) is 0. The average molecular weight is 210 g/mol. The van der Waals surface area contributed by atoms with Crippen LogP contribution in [0, 0.1) is 5.41 Å². The lowest BCUT2D eigenvalue weighted by molar-refractivity contribution is 0.219. The van der Waals surface area contributed by atoms with Gasteiger partial charge in [-0.15, -0.1) is 0 Å².